The summed E-state index contributed by atoms with van der Waals surface area (Å²) in [5.74, 6) is -0.249. The third-order valence-corrected chi connectivity index (χ3v) is 4.89. The molecule has 4 rings (SSSR count). The summed E-state index contributed by atoms with van der Waals surface area (Å²) in [6.45, 7) is 0.0851. The minimum absolute atomic E-state index is 0.0437. The quantitative estimate of drug-likeness (QED) is 0.590. The number of H-pyrrole nitrogens is 1. The van der Waals surface area contributed by atoms with E-state index in [1.54, 1.807) is 36.7 Å². The molecule has 3 N–H and O–H groups in total. The van der Waals surface area contributed by atoms with Crippen molar-refractivity contribution in [1.82, 2.24) is 14.5 Å². The summed E-state index contributed by atoms with van der Waals surface area (Å²) in [7, 11) is 2.84. The Bertz CT molecular complexity index is 1250. The highest BCUT2D eigenvalue weighted by atomic mass is 16.6. The van der Waals surface area contributed by atoms with Gasteiger partial charge in [0, 0.05) is 18.0 Å². The van der Waals surface area contributed by atoms with Crippen LogP contribution in [0.5, 0.6) is 11.5 Å². The molecule has 1 aromatic carbocycles. The zero-order valence-electron chi connectivity index (χ0n) is 16.2. The number of hydrogen-bond acceptors (Lipinski definition) is 8. The second-order valence-electron chi connectivity index (χ2n) is 6.56. The Kier molecular flexibility index (Phi) is 4.74. The van der Waals surface area contributed by atoms with Crippen LogP contribution >= 0.6 is 0 Å². The number of nitrogen functional groups attached to an aromatic ring is 1. The third-order valence-electron chi connectivity index (χ3n) is 4.89. The summed E-state index contributed by atoms with van der Waals surface area (Å²) in [4.78, 5) is 43.9. The second-order valence-corrected chi connectivity index (χ2v) is 6.56. The van der Waals surface area contributed by atoms with Crippen molar-refractivity contribution in [3.63, 3.8) is 0 Å². The van der Waals surface area contributed by atoms with Crippen molar-refractivity contribution in [1.29, 1.82) is 0 Å². The average Bonchev–Trinajstić information content (AvgIpc) is 3.07. The number of carbonyl (C=O) groups excluding carboxylic acids is 1. The summed E-state index contributed by atoms with van der Waals surface area (Å²) in [5, 5.41) is 0. The first kappa shape index (κ1) is 19.2. The van der Waals surface area contributed by atoms with E-state index in [9.17, 15) is 14.4 Å². The Morgan fingerprint density at radius 2 is 2.00 bits per heavy atom. The van der Waals surface area contributed by atoms with Gasteiger partial charge in [0.25, 0.3) is 5.56 Å². The number of carbonyl (C=O) groups is 1. The van der Waals surface area contributed by atoms with Gasteiger partial charge in [-0.15, -0.1) is 0 Å². The number of pyridine rings is 1. The number of aromatic nitrogens is 3. The van der Waals surface area contributed by atoms with Crippen LogP contribution in [0, 0.1) is 0 Å². The van der Waals surface area contributed by atoms with Gasteiger partial charge in [-0.05, 0) is 17.7 Å². The highest BCUT2D eigenvalue weighted by molar-refractivity contribution is 5.98. The number of fused-ring (bicyclic) bond motifs is 1. The van der Waals surface area contributed by atoms with E-state index in [-0.39, 0.29) is 29.2 Å². The Labute approximate surface area is 169 Å². The molecule has 10 heteroatoms. The molecule has 30 heavy (non-hydrogen) atoms. The molecule has 154 valence electrons. The fourth-order valence-corrected chi connectivity index (χ4v) is 3.50. The number of anilines is 1. The van der Waals surface area contributed by atoms with Crippen molar-refractivity contribution in [3.8, 4) is 11.5 Å². The Balaban J connectivity index is 1.87. The number of hydrogen-bond donors (Lipinski definition) is 2. The van der Waals surface area contributed by atoms with Crippen LogP contribution in [-0.2, 0) is 11.3 Å². The van der Waals surface area contributed by atoms with Gasteiger partial charge in [0.05, 0.1) is 20.8 Å². The highest BCUT2D eigenvalue weighted by Gasteiger charge is 2.39. The van der Waals surface area contributed by atoms with Crippen LogP contribution in [0.15, 0.2) is 46.2 Å². The monoisotopic (exact) mass is 410 g/mol. The normalized spacial score (nSPS) is 14.9. The summed E-state index contributed by atoms with van der Waals surface area (Å²) < 4.78 is 17.2. The fraction of sp³-hybridized carbons (Fsp3) is 0.200. The number of methoxy groups -OCH3 is 2. The predicted molar refractivity (Wildman–Crippen MR) is 106 cm³/mol. The minimum atomic E-state index is -1.10. The van der Waals surface area contributed by atoms with Gasteiger partial charge >= 0.3 is 11.7 Å². The molecule has 0 saturated carbocycles. The molecule has 3 aromatic rings. The fourth-order valence-electron chi connectivity index (χ4n) is 3.50. The number of benzene rings is 1. The number of ether oxygens (including phenoxy) is 3. The van der Waals surface area contributed by atoms with Crippen molar-refractivity contribution in [2.45, 2.75) is 12.6 Å². The number of cyclic esters (lactones) is 1. The molecular formula is C20H18N4O6. The van der Waals surface area contributed by atoms with E-state index in [4.69, 9.17) is 19.9 Å². The lowest BCUT2D eigenvalue weighted by atomic mass is 9.99. The van der Waals surface area contributed by atoms with Gasteiger partial charge in [-0.3, -0.25) is 19.3 Å². The van der Waals surface area contributed by atoms with Gasteiger partial charge in [-0.25, -0.2) is 9.59 Å². The van der Waals surface area contributed by atoms with E-state index in [1.807, 2.05) is 0 Å². The van der Waals surface area contributed by atoms with Crippen LogP contribution in [0.3, 0.4) is 0 Å². The van der Waals surface area contributed by atoms with Crippen LogP contribution in [0.25, 0.3) is 0 Å². The Hall–Kier alpha value is -4.08. The van der Waals surface area contributed by atoms with E-state index in [0.29, 0.717) is 16.9 Å². The first-order valence-corrected chi connectivity index (χ1v) is 8.93. The second kappa shape index (κ2) is 7.39. The molecule has 0 fully saturated rings. The van der Waals surface area contributed by atoms with Gasteiger partial charge in [-0.1, -0.05) is 12.1 Å². The van der Waals surface area contributed by atoms with Gasteiger partial charge in [-0.2, -0.15) is 0 Å². The van der Waals surface area contributed by atoms with E-state index >= 15 is 0 Å². The van der Waals surface area contributed by atoms with Crippen molar-refractivity contribution < 1.29 is 19.0 Å². The summed E-state index contributed by atoms with van der Waals surface area (Å²) in [5.41, 5.74) is 6.00. The Morgan fingerprint density at radius 1 is 1.20 bits per heavy atom. The van der Waals surface area contributed by atoms with Gasteiger partial charge in [0.15, 0.2) is 17.6 Å². The first-order valence-electron chi connectivity index (χ1n) is 8.93. The predicted octanol–water partition coefficient (Wildman–Crippen LogP) is 0.839. The number of rotatable bonds is 5. The van der Waals surface area contributed by atoms with Crippen LogP contribution in [-0.4, -0.2) is 34.7 Å². The maximum absolute atomic E-state index is 12.6. The van der Waals surface area contributed by atoms with Crippen molar-refractivity contribution in [2.75, 3.05) is 20.0 Å². The lowest BCUT2D eigenvalue weighted by Gasteiger charge is -2.17. The molecule has 2 aromatic heterocycles. The third kappa shape index (κ3) is 2.98. The van der Waals surface area contributed by atoms with Crippen molar-refractivity contribution >= 4 is 11.8 Å². The molecule has 1 unspecified atom stereocenters. The number of nitrogens with one attached hydrogen (secondary N) is 1. The molecule has 1 aliphatic rings. The Morgan fingerprint density at radius 3 is 2.67 bits per heavy atom. The first-order chi connectivity index (χ1) is 14.5. The lowest BCUT2D eigenvalue weighted by molar-refractivity contribution is 0.0452. The molecule has 0 amide bonds. The SMILES string of the molecule is COc1ccc2c(c1OC)C(=O)OC2c1c(N)n(Cc2cccnc2)c(=O)[nH]c1=O. The van der Waals surface area contributed by atoms with Crippen LogP contribution in [0.1, 0.15) is 33.2 Å². The summed E-state index contributed by atoms with van der Waals surface area (Å²) in [6.07, 6.45) is 2.08. The number of nitrogens with two attached hydrogens (primary N) is 1. The number of aromatic amines is 1. The topological polar surface area (TPSA) is 139 Å². The van der Waals surface area contributed by atoms with Crippen LogP contribution in [0.4, 0.5) is 5.82 Å². The number of esters is 1. The molecule has 1 aliphatic heterocycles. The minimum Gasteiger partial charge on any atom is -0.493 e. The van der Waals surface area contributed by atoms with Crippen molar-refractivity contribution in [3.05, 3.63) is 79.8 Å². The zero-order valence-corrected chi connectivity index (χ0v) is 16.2. The molecule has 0 saturated heterocycles. The molecule has 0 spiro atoms. The lowest BCUT2D eigenvalue weighted by Crippen LogP contribution is -2.36. The molecular weight excluding hydrogens is 392 g/mol. The molecule has 3 heterocycles. The number of nitrogens with zero attached hydrogens (tertiary/aromatic N) is 2. The van der Waals surface area contributed by atoms with E-state index < -0.39 is 23.3 Å². The van der Waals surface area contributed by atoms with E-state index in [1.165, 1.54) is 18.8 Å². The molecule has 10 nitrogen and oxygen atoms in total. The average molecular weight is 410 g/mol. The molecule has 1 atom stereocenters. The molecule has 0 bridgehead atoms. The molecule has 0 radical (unpaired) electrons. The van der Waals surface area contributed by atoms with Crippen molar-refractivity contribution in [2.24, 2.45) is 0 Å². The maximum atomic E-state index is 12.6. The van der Waals surface area contributed by atoms with Gasteiger partial charge in [0.1, 0.15) is 16.9 Å². The van der Waals surface area contributed by atoms with Crippen LogP contribution in [0.2, 0.25) is 0 Å². The zero-order chi connectivity index (χ0) is 21.4. The van der Waals surface area contributed by atoms with Crippen LogP contribution < -0.4 is 26.5 Å². The highest BCUT2D eigenvalue weighted by Crippen LogP contribution is 2.44. The largest absolute Gasteiger partial charge is 0.493 e. The standard InChI is InChI=1S/C20H18N4O6/c1-28-12-6-5-11-13(16(12)29-2)19(26)30-15(11)14-17(21)24(20(27)23-18(14)25)9-10-4-3-7-22-8-10/h3-8,15H,9,21H2,1-2H3,(H,23,25,27). The molecule has 0 aliphatic carbocycles. The summed E-state index contributed by atoms with van der Waals surface area (Å²) in [6, 6.07) is 6.69. The smallest absolute Gasteiger partial charge is 0.343 e. The van der Waals surface area contributed by atoms with E-state index in [2.05, 4.69) is 9.97 Å². The van der Waals surface area contributed by atoms with Gasteiger partial charge < -0.3 is 19.9 Å². The summed E-state index contributed by atoms with van der Waals surface area (Å²) >= 11 is 0. The van der Waals surface area contributed by atoms with E-state index in [0.717, 1.165) is 0 Å². The van der Waals surface area contributed by atoms with Gasteiger partial charge in [0.2, 0.25) is 0 Å². The maximum Gasteiger partial charge on any atom is 0.343 e.